The van der Waals surface area contributed by atoms with Crippen LogP contribution in [0.25, 0.3) is 0 Å². The van der Waals surface area contributed by atoms with Gasteiger partial charge in [0.25, 0.3) is 5.91 Å². The van der Waals surface area contributed by atoms with Gasteiger partial charge in [-0.2, -0.15) is 0 Å². The molecule has 2 N–H and O–H groups in total. The number of nitrogens with zero attached hydrogens (tertiary/aromatic N) is 1. The lowest BCUT2D eigenvalue weighted by Crippen LogP contribution is -3.14. The van der Waals surface area contributed by atoms with Gasteiger partial charge in [0.2, 0.25) is 5.78 Å². The Kier molecular flexibility index (Phi) is 5.96. The number of ether oxygens (including phenoxy) is 1. The molecule has 2 aliphatic rings. The summed E-state index contributed by atoms with van der Waals surface area (Å²) in [5.41, 5.74) is 0.516. The molecule has 1 aromatic heterocycles. The maximum atomic E-state index is 13.5. The van der Waals surface area contributed by atoms with Crippen LogP contribution in [-0.2, 0) is 9.53 Å². The number of Topliss-reactive ketones (excluding diaryl/α,β-unsaturated/α-hetero) is 1. The van der Waals surface area contributed by atoms with Crippen molar-refractivity contribution >= 4 is 11.7 Å². The highest BCUT2D eigenvalue weighted by Crippen LogP contribution is 2.39. The number of benzene rings is 1. The smallest absolute Gasteiger partial charge is 0.290 e. The molecule has 2 aromatic rings. The molecule has 1 fully saturated rings. The van der Waals surface area contributed by atoms with Gasteiger partial charge in [-0.05, 0) is 29.8 Å². The third kappa shape index (κ3) is 4.01. The summed E-state index contributed by atoms with van der Waals surface area (Å²) < 4.78 is 24.0. The van der Waals surface area contributed by atoms with Crippen molar-refractivity contribution in [3.63, 3.8) is 0 Å². The molecule has 3 heterocycles. The number of carbonyl (C=O) groups is 2. The summed E-state index contributed by atoms with van der Waals surface area (Å²) in [6, 6.07) is 7.87. The first-order valence-electron chi connectivity index (χ1n) is 10.1. The highest BCUT2D eigenvalue weighted by atomic mass is 19.1. The summed E-state index contributed by atoms with van der Waals surface area (Å²) in [5, 5.41) is 10.6. The van der Waals surface area contributed by atoms with Gasteiger partial charge < -0.3 is 24.1 Å². The second-order valence-corrected chi connectivity index (χ2v) is 7.49. The third-order valence-electron chi connectivity index (χ3n) is 5.61. The van der Waals surface area contributed by atoms with Crippen molar-refractivity contribution in [3.8, 4) is 0 Å². The number of morpholine rings is 1. The standard InChI is InChI=1S/C22H23FN2O5/c23-16-6-4-15(5-7-16)19-18(20(26)17-3-1-12-30-17)21(27)22(28)25(19)9-2-8-24-10-13-29-14-11-24/h1,3-7,12,19,27H,2,8-11,13-14H2/p+1/t19-/m0/s1. The number of aliphatic hydroxyl groups excluding tert-OH is 1. The Balaban J connectivity index is 1.59. The van der Waals surface area contributed by atoms with E-state index >= 15 is 0 Å². The normalized spacial score (nSPS) is 20.2. The average molecular weight is 415 g/mol. The summed E-state index contributed by atoms with van der Waals surface area (Å²) in [4.78, 5) is 28.7. The number of rotatable bonds is 7. The fourth-order valence-corrected chi connectivity index (χ4v) is 4.06. The summed E-state index contributed by atoms with van der Waals surface area (Å²) in [6.07, 6.45) is 2.06. The molecule has 0 aliphatic carbocycles. The first-order chi connectivity index (χ1) is 14.6. The number of aliphatic hydroxyl groups is 1. The topological polar surface area (TPSA) is 84.4 Å². The molecule has 0 saturated carbocycles. The third-order valence-corrected chi connectivity index (χ3v) is 5.61. The number of quaternary nitrogens is 1. The van der Waals surface area contributed by atoms with Crippen LogP contribution in [0.2, 0.25) is 0 Å². The van der Waals surface area contributed by atoms with Crippen LogP contribution in [0.3, 0.4) is 0 Å². The molecule has 1 saturated heterocycles. The Bertz CT molecular complexity index is 933. The fourth-order valence-electron chi connectivity index (χ4n) is 4.06. The fraction of sp³-hybridized carbons (Fsp3) is 0.364. The highest BCUT2D eigenvalue weighted by Gasteiger charge is 2.44. The van der Waals surface area contributed by atoms with Gasteiger partial charge in [0.05, 0.1) is 37.6 Å². The van der Waals surface area contributed by atoms with E-state index in [1.807, 2.05) is 0 Å². The van der Waals surface area contributed by atoms with Gasteiger partial charge >= 0.3 is 0 Å². The predicted octanol–water partition coefficient (Wildman–Crippen LogP) is 1.30. The van der Waals surface area contributed by atoms with E-state index in [1.54, 1.807) is 6.07 Å². The minimum Gasteiger partial charge on any atom is -0.503 e. The highest BCUT2D eigenvalue weighted by molar-refractivity contribution is 6.14. The zero-order chi connectivity index (χ0) is 21.1. The van der Waals surface area contributed by atoms with Gasteiger partial charge in [0, 0.05) is 13.0 Å². The van der Waals surface area contributed by atoms with Gasteiger partial charge in [-0.1, -0.05) is 12.1 Å². The first-order valence-corrected chi connectivity index (χ1v) is 10.1. The number of nitrogens with one attached hydrogen (secondary N) is 1. The van der Waals surface area contributed by atoms with Crippen LogP contribution in [0.5, 0.6) is 0 Å². The van der Waals surface area contributed by atoms with Crippen molar-refractivity contribution in [2.24, 2.45) is 0 Å². The van der Waals surface area contributed by atoms with Gasteiger partial charge in [-0.15, -0.1) is 0 Å². The largest absolute Gasteiger partial charge is 0.503 e. The summed E-state index contributed by atoms with van der Waals surface area (Å²) >= 11 is 0. The Morgan fingerprint density at radius 2 is 1.93 bits per heavy atom. The molecule has 4 rings (SSSR count). The Labute approximate surface area is 173 Å². The summed E-state index contributed by atoms with van der Waals surface area (Å²) in [5.74, 6) is -2.11. The lowest BCUT2D eigenvalue weighted by Gasteiger charge is -2.28. The number of carbonyl (C=O) groups excluding carboxylic acids is 2. The Morgan fingerprint density at radius 3 is 2.60 bits per heavy atom. The maximum absolute atomic E-state index is 13.5. The van der Waals surface area contributed by atoms with E-state index in [-0.39, 0.29) is 11.3 Å². The van der Waals surface area contributed by atoms with Crippen LogP contribution in [0.15, 0.2) is 58.4 Å². The van der Waals surface area contributed by atoms with Crippen LogP contribution >= 0.6 is 0 Å². The first kappa shape index (κ1) is 20.3. The molecule has 7 nitrogen and oxygen atoms in total. The van der Waals surface area contributed by atoms with Crippen molar-refractivity contribution in [3.05, 3.63) is 71.1 Å². The Morgan fingerprint density at radius 1 is 1.20 bits per heavy atom. The monoisotopic (exact) mass is 415 g/mol. The zero-order valence-electron chi connectivity index (χ0n) is 16.5. The van der Waals surface area contributed by atoms with Crippen molar-refractivity contribution in [1.82, 2.24) is 4.90 Å². The molecule has 158 valence electrons. The van der Waals surface area contributed by atoms with E-state index in [4.69, 9.17) is 9.15 Å². The molecular weight excluding hydrogens is 391 g/mol. The molecule has 0 spiro atoms. The van der Waals surface area contributed by atoms with Crippen molar-refractivity contribution in [2.75, 3.05) is 39.4 Å². The second-order valence-electron chi connectivity index (χ2n) is 7.49. The number of amides is 1. The predicted molar refractivity (Wildman–Crippen MR) is 105 cm³/mol. The van der Waals surface area contributed by atoms with E-state index in [9.17, 15) is 19.1 Å². The molecule has 1 amide bonds. The molecule has 1 atom stereocenters. The van der Waals surface area contributed by atoms with Crippen LogP contribution in [0, 0.1) is 5.82 Å². The zero-order valence-corrected chi connectivity index (χ0v) is 16.5. The summed E-state index contributed by atoms with van der Waals surface area (Å²) in [6.45, 7) is 4.50. The molecule has 0 bridgehead atoms. The van der Waals surface area contributed by atoms with Crippen molar-refractivity contribution in [1.29, 1.82) is 0 Å². The number of hydrogen-bond donors (Lipinski definition) is 2. The maximum Gasteiger partial charge on any atom is 0.290 e. The molecule has 2 aliphatic heterocycles. The summed E-state index contributed by atoms with van der Waals surface area (Å²) in [7, 11) is 0. The van der Waals surface area contributed by atoms with Crippen molar-refractivity contribution in [2.45, 2.75) is 12.5 Å². The lowest BCUT2D eigenvalue weighted by molar-refractivity contribution is -0.908. The number of halogens is 1. The molecule has 0 unspecified atom stereocenters. The molecular formula is C22H24FN2O5+. The molecule has 0 radical (unpaired) electrons. The van der Waals surface area contributed by atoms with Gasteiger partial charge in [-0.3, -0.25) is 9.59 Å². The second kappa shape index (κ2) is 8.81. The minimum absolute atomic E-state index is 0.0380. The van der Waals surface area contributed by atoms with Crippen LogP contribution in [-0.4, -0.2) is 61.1 Å². The van der Waals surface area contributed by atoms with E-state index < -0.39 is 29.3 Å². The van der Waals surface area contributed by atoms with E-state index in [1.165, 1.54) is 46.4 Å². The van der Waals surface area contributed by atoms with Crippen LogP contribution < -0.4 is 4.90 Å². The van der Waals surface area contributed by atoms with Gasteiger partial charge in [0.1, 0.15) is 18.9 Å². The number of furan rings is 1. The van der Waals surface area contributed by atoms with Crippen LogP contribution in [0.1, 0.15) is 28.6 Å². The van der Waals surface area contributed by atoms with Gasteiger partial charge in [-0.25, -0.2) is 4.39 Å². The van der Waals surface area contributed by atoms with Crippen LogP contribution in [0.4, 0.5) is 4.39 Å². The Hall–Kier alpha value is -2.97. The molecule has 8 heteroatoms. The van der Waals surface area contributed by atoms with Gasteiger partial charge in [0.15, 0.2) is 11.5 Å². The molecule has 1 aromatic carbocycles. The minimum atomic E-state index is -0.796. The van der Waals surface area contributed by atoms with Crippen molar-refractivity contribution < 1.29 is 33.1 Å². The quantitative estimate of drug-likeness (QED) is 0.666. The number of ketones is 1. The SMILES string of the molecule is O=C(C1=C(O)C(=O)N(CCC[NH+]2CCOCC2)[C@H]1c1ccc(F)cc1)c1ccco1. The van der Waals surface area contributed by atoms with E-state index in [0.717, 1.165) is 32.8 Å². The van der Waals surface area contributed by atoms with E-state index in [0.29, 0.717) is 18.5 Å². The van der Waals surface area contributed by atoms with E-state index in [2.05, 4.69) is 0 Å². The lowest BCUT2D eigenvalue weighted by atomic mass is 9.95. The number of hydrogen-bond acceptors (Lipinski definition) is 5. The average Bonchev–Trinajstić information content (AvgIpc) is 3.38. The molecule has 30 heavy (non-hydrogen) atoms.